The fourth-order valence-corrected chi connectivity index (χ4v) is 2.26. The van der Waals surface area contributed by atoms with Crippen molar-refractivity contribution in [1.29, 1.82) is 0 Å². The van der Waals surface area contributed by atoms with Crippen molar-refractivity contribution in [3.8, 4) is 0 Å². The van der Waals surface area contributed by atoms with Gasteiger partial charge in [0.2, 0.25) is 0 Å². The fraction of sp³-hybridized carbons (Fsp3) is 0.154. The minimum Gasteiger partial charge on any atom is -0.382 e. The number of nitrogens with one attached hydrogen (secondary N) is 1. The number of nitrogens with zero attached hydrogens (tertiary/aromatic N) is 3. The third-order valence-electron chi connectivity index (χ3n) is 3.10. The van der Waals surface area contributed by atoms with Crippen LogP contribution in [0, 0.1) is 6.92 Å². The first kappa shape index (κ1) is 12.7. The maximum absolute atomic E-state index is 12.0. The van der Waals surface area contributed by atoms with E-state index in [9.17, 15) is 4.79 Å². The molecule has 3 N–H and O–H groups in total. The molecule has 0 amide bonds. The van der Waals surface area contributed by atoms with E-state index >= 15 is 0 Å². The van der Waals surface area contributed by atoms with Gasteiger partial charge in [0.05, 0.1) is 6.54 Å². The number of H-pyrrole nitrogens is 1. The Labute approximate surface area is 120 Å². The van der Waals surface area contributed by atoms with Crippen molar-refractivity contribution in [3.05, 3.63) is 45.9 Å². The Morgan fingerprint density at radius 2 is 2.00 bits per heavy atom. The number of anilines is 1. The minimum absolute atomic E-state index is 0.222. The predicted octanol–water partition coefficient (Wildman–Crippen LogP) is 1.35. The number of thiol groups is 1. The van der Waals surface area contributed by atoms with E-state index < -0.39 is 0 Å². The number of aromatic amines is 1. The summed E-state index contributed by atoms with van der Waals surface area (Å²) < 4.78 is 1.53. The quantitative estimate of drug-likeness (QED) is 0.490. The van der Waals surface area contributed by atoms with E-state index in [1.54, 1.807) is 0 Å². The summed E-state index contributed by atoms with van der Waals surface area (Å²) in [6.07, 6.45) is 0. The second-order valence-corrected chi connectivity index (χ2v) is 5.01. The molecule has 0 fully saturated rings. The molecule has 2 aromatic heterocycles. The number of nitrogens with two attached hydrogens (primary N) is 1. The number of aryl methyl sites for hydroxylation is 1. The Bertz CT molecular complexity index is 834. The fourth-order valence-electron chi connectivity index (χ4n) is 2.06. The van der Waals surface area contributed by atoms with Gasteiger partial charge in [0.15, 0.2) is 16.6 Å². The average molecular weight is 287 g/mol. The summed E-state index contributed by atoms with van der Waals surface area (Å²) in [5.41, 5.74) is 8.60. The summed E-state index contributed by atoms with van der Waals surface area (Å²) in [7, 11) is 0. The first-order valence-electron chi connectivity index (χ1n) is 6.05. The van der Waals surface area contributed by atoms with Gasteiger partial charge in [0.25, 0.3) is 0 Å². The molecule has 0 aliphatic rings. The third-order valence-corrected chi connectivity index (χ3v) is 3.30. The van der Waals surface area contributed by atoms with Gasteiger partial charge >= 0.3 is 5.69 Å². The zero-order valence-electron chi connectivity index (χ0n) is 10.8. The lowest BCUT2D eigenvalue weighted by atomic mass is 10.1. The first-order valence-corrected chi connectivity index (χ1v) is 6.50. The highest BCUT2D eigenvalue weighted by atomic mass is 32.1. The SMILES string of the molecule is Cc1ccc(Cn2c(=O)[nH]c3c(N)nc(S)nc32)cc1. The molecule has 0 aliphatic carbocycles. The van der Waals surface area contributed by atoms with Crippen LogP contribution in [-0.4, -0.2) is 19.5 Å². The maximum Gasteiger partial charge on any atom is 0.328 e. The van der Waals surface area contributed by atoms with Crippen LogP contribution < -0.4 is 11.4 Å². The second-order valence-electron chi connectivity index (χ2n) is 4.61. The first-order chi connectivity index (χ1) is 9.54. The smallest absolute Gasteiger partial charge is 0.328 e. The van der Waals surface area contributed by atoms with Crippen molar-refractivity contribution in [2.45, 2.75) is 18.6 Å². The number of benzene rings is 1. The minimum atomic E-state index is -0.263. The van der Waals surface area contributed by atoms with E-state index in [0.717, 1.165) is 5.56 Å². The van der Waals surface area contributed by atoms with Crippen LogP contribution in [0.1, 0.15) is 11.1 Å². The number of aromatic nitrogens is 4. The molecule has 0 radical (unpaired) electrons. The molecule has 2 heterocycles. The Morgan fingerprint density at radius 3 is 2.70 bits per heavy atom. The normalized spacial score (nSPS) is 11.1. The van der Waals surface area contributed by atoms with E-state index in [4.69, 9.17) is 5.73 Å². The van der Waals surface area contributed by atoms with E-state index in [1.807, 2.05) is 31.2 Å². The molecule has 3 aromatic rings. The molecule has 0 saturated carbocycles. The highest BCUT2D eigenvalue weighted by Gasteiger charge is 2.12. The van der Waals surface area contributed by atoms with Gasteiger partial charge in [-0.2, -0.15) is 0 Å². The summed E-state index contributed by atoms with van der Waals surface area (Å²) >= 11 is 4.09. The Kier molecular flexibility index (Phi) is 2.98. The molecule has 0 unspecified atom stereocenters. The standard InChI is InChI=1S/C13H13N5OS/c1-7-2-4-8(5-3-7)6-18-11-9(15-13(18)19)10(14)16-12(20)17-11/h2-5H,6H2,1H3,(H,15,19)(H3,14,16,17,20). The van der Waals surface area contributed by atoms with Gasteiger partial charge in [-0.15, -0.1) is 12.6 Å². The molecule has 0 bridgehead atoms. The van der Waals surface area contributed by atoms with Gasteiger partial charge in [-0.3, -0.25) is 4.57 Å². The van der Waals surface area contributed by atoms with Crippen molar-refractivity contribution in [1.82, 2.24) is 19.5 Å². The summed E-state index contributed by atoms with van der Waals surface area (Å²) in [5, 5.41) is 0.242. The Hall–Kier alpha value is -2.28. The van der Waals surface area contributed by atoms with Crippen LogP contribution in [0.5, 0.6) is 0 Å². The molecule has 6 nitrogen and oxygen atoms in total. The van der Waals surface area contributed by atoms with Gasteiger partial charge in [-0.05, 0) is 12.5 Å². The van der Waals surface area contributed by atoms with Crippen LogP contribution in [0.2, 0.25) is 0 Å². The van der Waals surface area contributed by atoms with Crippen molar-refractivity contribution in [2.24, 2.45) is 0 Å². The van der Waals surface area contributed by atoms with Crippen LogP contribution in [0.15, 0.2) is 34.2 Å². The van der Waals surface area contributed by atoms with Crippen LogP contribution in [-0.2, 0) is 6.54 Å². The van der Waals surface area contributed by atoms with Crippen LogP contribution in [0.3, 0.4) is 0 Å². The summed E-state index contributed by atoms with van der Waals surface area (Å²) in [5.74, 6) is 0.222. The average Bonchev–Trinajstić information content (AvgIpc) is 2.70. The van der Waals surface area contributed by atoms with E-state index in [0.29, 0.717) is 17.7 Å². The molecular formula is C13H13N5OS. The number of hydrogen-bond acceptors (Lipinski definition) is 5. The topological polar surface area (TPSA) is 89.6 Å². The lowest BCUT2D eigenvalue weighted by Gasteiger charge is -2.04. The van der Waals surface area contributed by atoms with E-state index in [2.05, 4.69) is 27.6 Å². The predicted molar refractivity (Wildman–Crippen MR) is 80.1 cm³/mol. The molecule has 0 spiro atoms. The van der Waals surface area contributed by atoms with Crippen molar-refractivity contribution in [2.75, 3.05) is 5.73 Å². The largest absolute Gasteiger partial charge is 0.382 e. The second kappa shape index (κ2) is 4.68. The van der Waals surface area contributed by atoms with Gasteiger partial charge in [-0.25, -0.2) is 14.8 Å². The Morgan fingerprint density at radius 1 is 1.30 bits per heavy atom. The number of nitrogen functional groups attached to an aromatic ring is 1. The van der Waals surface area contributed by atoms with Gasteiger partial charge in [-0.1, -0.05) is 29.8 Å². The number of fused-ring (bicyclic) bond motifs is 1. The molecule has 0 saturated heterocycles. The van der Waals surface area contributed by atoms with E-state index in [-0.39, 0.29) is 16.7 Å². The van der Waals surface area contributed by atoms with Crippen molar-refractivity contribution >= 4 is 29.6 Å². The molecule has 1 aromatic carbocycles. The lowest BCUT2D eigenvalue weighted by molar-refractivity contribution is 0.771. The third kappa shape index (κ3) is 2.16. The Balaban J connectivity index is 2.13. The van der Waals surface area contributed by atoms with Gasteiger partial charge < -0.3 is 10.7 Å². The van der Waals surface area contributed by atoms with Crippen molar-refractivity contribution < 1.29 is 0 Å². The molecule has 0 aliphatic heterocycles. The monoisotopic (exact) mass is 287 g/mol. The molecule has 0 atom stereocenters. The molecule has 20 heavy (non-hydrogen) atoms. The summed E-state index contributed by atoms with van der Waals surface area (Å²) in [4.78, 5) is 22.8. The zero-order chi connectivity index (χ0) is 14.3. The van der Waals surface area contributed by atoms with Crippen LogP contribution in [0.4, 0.5) is 5.82 Å². The van der Waals surface area contributed by atoms with E-state index in [1.165, 1.54) is 10.1 Å². The highest BCUT2D eigenvalue weighted by molar-refractivity contribution is 7.80. The van der Waals surface area contributed by atoms with Crippen molar-refractivity contribution in [3.63, 3.8) is 0 Å². The van der Waals surface area contributed by atoms with Crippen LogP contribution >= 0.6 is 12.6 Å². The van der Waals surface area contributed by atoms with Gasteiger partial charge in [0.1, 0.15) is 5.52 Å². The number of hydrogen-bond donors (Lipinski definition) is 3. The maximum atomic E-state index is 12.0. The number of imidazole rings is 1. The molecular weight excluding hydrogens is 274 g/mol. The molecule has 102 valence electrons. The summed E-state index contributed by atoms with van der Waals surface area (Å²) in [6, 6.07) is 7.96. The zero-order valence-corrected chi connectivity index (χ0v) is 11.7. The number of rotatable bonds is 2. The van der Waals surface area contributed by atoms with Crippen LogP contribution in [0.25, 0.3) is 11.2 Å². The lowest BCUT2D eigenvalue weighted by Crippen LogP contribution is -2.17. The molecule has 3 rings (SSSR count). The highest BCUT2D eigenvalue weighted by Crippen LogP contribution is 2.16. The summed E-state index contributed by atoms with van der Waals surface area (Å²) in [6.45, 7) is 2.44. The van der Waals surface area contributed by atoms with Gasteiger partial charge in [0, 0.05) is 0 Å². The molecule has 7 heteroatoms.